The monoisotopic (exact) mass is 178 g/mol. The van der Waals surface area contributed by atoms with E-state index in [4.69, 9.17) is 0 Å². The van der Waals surface area contributed by atoms with Gasteiger partial charge in [0.05, 0.1) is 0 Å². The first-order valence-corrected chi connectivity index (χ1v) is 4.52. The quantitative estimate of drug-likeness (QED) is 0.692. The van der Waals surface area contributed by atoms with Gasteiger partial charge in [-0.15, -0.1) is 0 Å². The van der Waals surface area contributed by atoms with E-state index in [1.165, 1.54) is 5.57 Å². The average Bonchev–Trinajstić information content (AvgIpc) is 2.53. The van der Waals surface area contributed by atoms with Gasteiger partial charge >= 0.3 is 0 Å². The first kappa shape index (κ1) is 8.44. The third kappa shape index (κ3) is 1.78. The highest BCUT2D eigenvalue weighted by atomic mass is 15.2. The van der Waals surface area contributed by atoms with Gasteiger partial charge in [-0.25, -0.2) is 4.98 Å². The molecule has 0 atom stereocenters. The normalized spacial score (nSPS) is 18.8. The summed E-state index contributed by atoms with van der Waals surface area (Å²) in [5.41, 5.74) is 1.27. The van der Waals surface area contributed by atoms with Crippen molar-refractivity contribution in [2.24, 2.45) is 0 Å². The van der Waals surface area contributed by atoms with Crippen molar-refractivity contribution < 1.29 is 0 Å². The van der Waals surface area contributed by atoms with Gasteiger partial charge in [0.15, 0.2) is 5.82 Å². The van der Waals surface area contributed by atoms with Crippen LogP contribution in [0.1, 0.15) is 18.1 Å². The fourth-order valence-corrected chi connectivity index (χ4v) is 1.46. The summed E-state index contributed by atoms with van der Waals surface area (Å²) >= 11 is 0. The van der Waals surface area contributed by atoms with Crippen LogP contribution in [0.3, 0.4) is 0 Å². The number of likely N-dealkylation sites (N-methyl/N-ethyl adjacent to an activating group) is 1. The molecule has 0 radical (unpaired) electrons. The highest BCUT2D eigenvalue weighted by Crippen LogP contribution is 2.17. The molecule has 70 valence electrons. The minimum absolute atomic E-state index is 0.866. The molecule has 0 saturated carbocycles. The zero-order chi connectivity index (χ0) is 9.26. The Morgan fingerprint density at radius 1 is 1.54 bits per heavy atom. The number of hydrogen-bond donors (Lipinski definition) is 1. The molecule has 4 heteroatoms. The largest absolute Gasteiger partial charge is 0.302 e. The predicted octanol–water partition coefficient (Wildman–Crippen LogP) is 0.832. The van der Waals surface area contributed by atoms with Gasteiger partial charge in [-0.1, -0.05) is 6.08 Å². The van der Waals surface area contributed by atoms with Crippen LogP contribution < -0.4 is 0 Å². The van der Waals surface area contributed by atoms with Crippen LogP contribution in [0.2, 0.25) is 0 Å². The highest BCUT2D eigenvalue weighted by Gasteiger charge is 2.12. The van der Waals surface area contributed by atoms with Crippen molar-refractivity contribution in [3.63, 3.8) is 0 Å². The maximum absolute atomic E-state index is 4.31. The van der Waals surface area contributed by atoms with Crippen LogP contribution in [-0.4, -0.2) is 40.2 Å². The summed E-state index contributed by atoms with van der Waals surface area (Å²) in [5.74, 6) is 1.75. The molecule has 0 bridgehead atoms. The van der Waals surface area contributed by atoms with E-state index >= 15 is 0 Å². The Morgan fingerprint density at radius 2 is 2.38 bits per heavy atom. The molecule has 1 aromatic rings. The Kier molecular flexibility index (Phi) is 2.14. The maximum atomic E-state index is 4.31. The Bertz CT molecular complexity index is 326. The smallest absolute Gasteiger partial charge is 0.176 e. The zero-order valence-electron chi connectivity index (χ0n) is 8.04. The van der Waals surface area contributed by atoms with Crippen LogP contribution in [0.25, 0.3) is 5.57 Å². The first-order valence-electron chi connectivity index (χ1n) is 4.52. The second-order valence-corrected chi connectivity index (χ2v) is 3.49. The second kappa shape index (κ2) is 3.30. The van der Waals surface area contributed by atoms with Crippen molar-refractivity contribution in [3.8, 4) is 0 Å². The lowest BCUT2D eigenvalue weighted by atomic mass is 10.1. The molecule has 1 aliphatic rings. The van der Waals surface area contributed by atoms with Gasteiger partial charge in [0.25, 0.3) is 0 Å². The van der Waals surface area contributed by atoms with Crippen molar-refractivity contribution in [2.45, 2.75) is 13.3 Å². The van der Waals surface area contributed by atoms with Gasteiger partial charge in [0.1, 0.15) is 5.82 Å². The molecule has 0 amide bonds. The molecule has 0 unspecified atom stereocenters. The molecule has 13 heavy (non-hydrogen) atoms. The van der Waals surface area contributed by atoms with Crippen LogP contribution in [0.15, 0.2) is 6.08 Å². The van der Waals surface area contributed by atoms with Crippen LogP contribution >= 0.6 is 0 Å². The molecule has 0 aliphatic carbocycles. The Balaban J connectivity index is 2.18. The highest BCUT2D eigenvalue weighted by molar-refractivity contribution is 5.60. The van der Waals surface area contributed by atoms with Crippen LogP contribution in [-0.2, 0) is 0 Å². The van der Waals surface area contributed by atoms with E-state index in [2.05, 4.69) is 33.2 Å². The fraction of sp³-hybridized carbons (Fsp3) is 0.556. The van der Waals surface area contributed by atoms with Crippen LogP contribution in [0.5, 0.6) is 0 Å². The molecule has 1 N–H and O–H groups in total. The van der Waals surface area contributed by atoms with E-state index in [0.717, 1.165) is 31.2 Å². The summed E-state index contributed by atoms with van der Waals surface area (Å²) in [6, 6.07) is 0. The topological polar surface area (TPSA) is 44.8 Å². The summed E-state index contributed by atoms with van der Waals surface area (Å²) in [6.45, 7) is 4.02. The third-order valence-corrected chi connectivity index (χ3v) is 2.30. The minimum Gasteiger partial charge on any atom is -0.302 e. The van der Waals surface area contributed by atoms with Crippen molar-refractivity contribution in [1.29, 1.82) is 0 Å². The van der Waals surface area contributed by atoms with Gasteiger partial charge in [-0.05, 0) is 26.0 Å². The van der Waals surface area contributed by atoms with Crippen molar-refractivity contribution in [1.82, 2.24) is 20.1 Å². The van der Waals surface area contributed by atoms with E-state index in [-0.39, 0.29) is 0 Å². The summed E-state index contributed by atoms with van der Waals surface area (Å²) < 4.78 is 0. The van der Waals surface area contributed by atoms with E-state index in [0.29, 0.717) is 0 Å². The molecule has 2 heterocycles. The maximum Gasteiger partial charge on any atom is 0.176 e. The zero-order valence-corrected chi connectivity index (χ0v) is 8.04. The number of aromatic nitrogens is 3. The lowest BCUT2D eigenvalue weighted by molar-refractivity contribution is 0.369. The summed E-state index contributed by atoms with van der Waals surface area (Å²) in [7, 11) is 2.12. The van der Waals surface area contributed by atoms with Crippen molar-refractivity contribution in [3.05, 3.63) is 17.7 Å². The molecule has 0 aromatic carbocycles. The summed E-state index contributed by atoms with van der Waals surface area (Å²) in [6.07, 6.45) is 3.25. The van der Waals surface area contributed by atoms with E-state index in [1.54, 1.807) is 0 Å². The number of aromatic amines is 1. The number of aryl methyl sites for hydroxylation is 1. The molecule has 1 aliphatic heterocycles. The molecule has 1 aromatic heterocycles. The fourth-order valence-electron chi connectivity index (χ4n) is 1.46. The van der Waals surface area contributed by atoms with E-state index in [9.17, 15) is 0 Å². The molecule has 0 fully saturated rings. The minimum atomic E-state index is 0.866. The Hall–Kier alpha value is -1.16. The molecule has 0 saturated heterocycles. The lowest BCUT2D eigenvalue weighted by Gasteiger charge is -2.20. The molecule has 0 spiro atoms. The second-order valence-electron chi connectivity index (χ2n) is 3.49. The van der Waals surface area contributed by atoms with Gasteiger partial charge < -0.3 is 4.90 Å². The average molecular weight is 178 g/mol. The number of hydrogen-bond acceptors (Lipinski definition) is 3. The molecule has 4 nitrogen and oxygen atoms in total. The Labute approximate surface area is 77.7 Å². The molecular formula is C9H14N4. The van der Waals surface area contributed by atoms with Crippen LogP contribution in [0.4, 0.5) is 0 Å². The van der Waals surface area contributed by atoms with Crippen molar-refractivity contribution >= 4 is 5.57 Å². The molecule has 2 rings (SSSR count). The van der Waals surface area contributed by atoms with Gasteiger partial charge in [0.2, 0.25) is 0 Å². The number of nitrogens with zero attached hydrogens (tertiary/aromatic N) is 3. The van der Waals surface area contributed by atoms with Gasteiger partial charge in [-0.3, -0.25) is 5.10 Å². The third-order valence-electron chi connectivity index (χ3n) is 2.30. The van der Waals surface area contributed by atoms with Gasteiger partial charge in [-0.2, -0.15) is 5.10 Å². The lowest BCUT2D eigenvalue weighted by Crippen LogP contribution is -2.23. The predicted molar refractivity (Wildman–Crippen MR) is 51.2 cm³/mol. The standard InChI is InChI=1S/C9H14N4/c1-7-10-9(12-11-7)8-3-5-13(2)6-4-8/h3H,4-6H2,1-2H3,(H,10,11,12). The number of nitrogens with one attached hydrogen (secondary N) is 1. The number of rotatable bonds is 1. The van der Waals surface area contributed by atoms with Gasteiger partial charge in [0, 0.05) is 13.1 Å². The number of H-pyrrole nitrogens is 1. The van der Waals surface area contributed by atoms with E-state index in [1.807, 2.05) is 6.92 Å². The Morgan fingerprint density at radius 3 is 2.92 bits per heavy atom. The summed E-state index contributed by atoms with van der Waals surface area (Å²) in [5, 5.41) is 7.00. The van der Waals surface area contributed by atoms with E-state index < -0.39 is 0 Å². The molecular weight excluding hydrogens is 164 g/mol. The SMILES string of the molecule is Cc1nc(C2=CCN(C)CC2)n[nH]1. The van der Waals surface area contributed by atoms with Crippen LogP contribution in [0, 0.1) is 6.92 Å². The van der Waals surface area contributed by atoms with Crippen molar-refractivity contribution in [2.75, 3.05) is 20.1 Å². The summed E-state index contributed by atoms with van der Waals surface area (Å²) in [4.78, 5) is 6.59. The first-order chi connectivity index (χ1) is 6.25.